The first-order valence-electron chi connectivity index (χ1n) is 8.17. The minimum Gasteiger partial charge on any atom is -0.377 e. The van der Waals surface area contributed by atoms with Crippen LogP contribution >= 0.6 is 23.4 Å². The maximum Gasteiger partial charge on any atom is 0.247 e. The number of hydrogen-bond acceptors (Lipinski definition) is 5. The van der Waals surface area contributed by atoms with Gasteiger partial charge in [-0.2, -0.15) is 5.10 Å². The molecule has 2 amide bonds. The second kappa shape index (κ2) is 8.37. The van der Waals surface area contributed by atoms with Crippen molar-refractivity contribution >= 4 is 52.2 Å². The molecular weight excluding hydrogens is 384 g/mol. The first-order chi connectivity index (χ1) is 13.0. The van der Waals surface area contributed by atoms with Crippen LogP contribution in [0.1, 0.15) is 17.5 Å². The average Bonchev–Trinajstić information content (AvgIpc) is 2.91. The highest BCUT2D eigenvalue weighted by molar-refractivity contribution is 8.14. The van der Waals surface area contributed by atoms with Crippen LogP contribution < -0.4 is 10.6 Å². The van der Waals surface area contributed by atoms with E-state index in [1.54, 1.807) is 36.4 Å². The van der Waals surface area contributed by atoms with E-state index >= 15 is 0 Å². The number of rotatable bonds is 4. The number of thioether (sulfide) groups is 1. The van der Waals surface area contributed by atoms with E-state index in [-0.39, 0.29) is 23.4 Å². The SMILES string of the molecule is Cc1ccccc1N1C(=O)C[C@@H](SC(N)=N/N=C\c2ccc(Cl)cc2)C1=O. The number of amidine groups is 1. The van der Waals surface area contributed by atoms with Crippen molar-refractivity contribution in [1.82, 2.24) is 0 Å². The van der Waals surface area contributed by atoms with E-state index < -0.39 is 5.25 Å². The smallest absolute Gasteiger partial charge is 0.247 e. The zero-order valence-corrected chi connectivity index (χ0v) is 16.1. The molecule has 138 valence electrons. The molecule has 1 heterocycles. The van der Waals surface area contributed by atoms with Crippen molar-refractivity contribution < 1.29 is 9.59 Å². The molecule has 0 aliphatic carbocycles. The number of benzene rings is 2. The number of halogens is 1. The Labute approximate surface area is 166 Å². The second-order valence-corrected chi connectivity index (χ2v) is 7.56. The Morgan fingerprint density at radius 1 is 1.22 bits per heavy atom. The third kappa shape index (κ3) is 4.56. The summed E-state index contributed by atoms with van der Waals surface area (Å²) < 4.78 is 0. The summed E-state index contributed by atoms with van der Waals surface area (Å²) in [6.45, 7) is 1.86. The number of aryl methyl sites for hydroxylation is 1. The lowest BCUT2D eigenvalue weighted by Gasteiger charge is -2.16. The van der Waals surface area contributed by atoms with Gasteiger partial charge < -0.3 is 5.73 Å². The van der Waals surface area contributed by atoms with Gasteiger partial charge in [-0.15, -0.1) is 5.10 Å². The van der Waals surface area contributed by atoms with Gasteiger partial charge in [0.1, 0.15) is 5.25 Å². The van der Waals surface area contributed by atoms with Gasteiger partial charge in [0.05, 0.1) is 11.9 Å². The Hall–Kier alpha value is -2.64. The molecule has 1 atom stereocenters. The number of hydrogen-bond donors (Lipinski definition) is 1. The summed E-state index contributed by atoms with van der Waals surface area (Å²) in [5.41, 5.74) is 8.14. The summed E-state index contributed by atoms with van der Waals surface area (Å²) in [6.07, 6.45) is 1.61. The van der Waals surface area contributed by atoms with Gasteiger partial charge in [0.2, 0.25) is 11.8 Å². The van der Waals surface area contributed by atoms with E-state index in [2.05, 4.69) is 10.2 Å². The Balaban J connectivity index is 1.67. The van der Waals surface area contributed by atoms with E-state index in [0.29, 0.717) is 10.7 Å². The zero-order valence-electron chi connectivity index (χ0n) is 14.5. The molecule has 8 heteroatoms. The van der Waals surface area contributed by atoms with Crippen LogP contribution in [0.15, 0.2) is 58.7 Å². The summed E-state index contributed by atoms with van der Waals surface area (Å²) in [4.78, 5) is 26.2. The predicted octanol–water partition coefficient (Wildman–Crippen LogP) is 3.36. The van der Waals surface area contributed by atoms with Crippen LogP contribution in [0, 0.1) is 6.92 Å². The first-order valence-corrected chi connectivity index (χ1v) is 9.42. The number of nitrogens with zero attached hydrogens (tertiary/aromatic N) is 3. The molecule has 0 spiro atoms. The number of nitrogens with two attached hydrogens (primary N) is 1. The van der Waals surface area contributed by atoms with Crippen LogP contribution in [0.25, 0.3) is 0 Å². The molecule has 0 aromatic heterocycles. The number of amides is 2. The monoisotopic (exact) mass is 400 g/mol. The van der Waals surface area contributed by atoms with Crippen LogP contribution in [-0.2, 0) is 9.59 Å². The zero-order chi connectivity index (χ0) is 19.4. The van der Waals surface area contributed by atoms with Crippen molar-refractivity contribution in [3.63, 3.8) is 0 Å². The maximum atomic E-state index is 12.7. The molecule has 1 aliphatic heterocycles. The van der Waals surface area contributed by atoms with Gasteiger partial charge in [0.15, 0.2) is 5.17 Å². The standard InChI is InChI=1S/C19H17ClN4O2S/c1-12-4-2-3-5-15(12)24-17(25)10-16(18(24)26)27-19(21)23-22-11-13-6-8-14(20)9-7-13/h2-9,11,16H,10H2,1H3,(H2,21,23)/b22-11-/t16-/m1/s1. The highest BCUT2D eigenvalue weighted by Crippen LogP contribution is 2.31. The van der Waals surface area contributed by atoms with Gasteiger partial charge in [-0.1, -0.05) is 53.7 Å². The van der Waals surface area contributed by atoms with E-state index in [1.807, 2.05) is 19.1 Å². The van der Waals surface area contributed by atoms with Crippen LogP contribution in [-0.4, -0.2) is 28.4 Å². The number of para-hydroxylation sites is 1. The number of anilines is 1. The minimum atomic E-state index is -0.605. The van der Waals surface area contributed by atoms with Crippen molar-refractivity contribution in [2.75, 3.05) is 4.90 Å². The fourth-order valence-electron chi connectivity index (χ4n) is 2.63. The van der Waals surface area contributed by atoms with Gasteiger partial charge in [-0.05, 0) is 36.2 Å². The van der Waals surface area contributed by atoms with Crippen molar-refractivity contribution in [3.05, 3.63) is 64.7 Å². The fourth-order valence-corrected chi connectivity index (χ4v) is 3.58. The van der Waals surface area contributed by atoms with Gasteiger partial charge in [0, 0.05) is 11.4 Å². The molecule has 1 saturated heterocycles. The molecule has 2 N–H and O–H groups in total. The van der Waals surface area contributed by atoms with E-state index in [0.717, 1.165) is 22.9 Å². The molecule has 27 heavy (non-hydrogen) atoms. The Kier molecular flexibility index (Phi) is 5.93. The second-order valence-electron chi connectivity index (χ2n) is 5.90. The molecule has 6 nitrogen and oxygen atoms in total. The molecule has 2 aromatic carbocycles. The van der Waals surface area contributed by atoms with Gasteiger partial charge in [-0.3, -0.25) is 9.59 Å². The molecule has 0 unspecified atom stereocenters. The van der Waals surface area contributed by atoms with E-state index in [4.69, 9.17) is 17.3 Å². The molecule has 0 saturated carbocycles. The predicted molar refractivity (Wildman–Crippen MR) is 110 cm³/mol. The third-order valence-electron chi connectivity index (χ3n) is 3.96. The highest BCUT2D eigenvalue weighted by atomic mass is 35.5. The van der Waals surface area contributed by atoms with Crippen LogP contribution in [0.4, 0.5) is 5.69 Å². The molecule has 2 aromatic rings. The molecule has 1 aliphatic rings. The third-order valence-corrected chi connectivity index (χ3v) is 5.19. The largest absolute Gasteiger partial charge is 0.377 e. The molecule has 0 bridgehead atoms. The maximum absolute atomic E-state index is 12.7. The van der Waals surface area contributed by atoms with Gasteiger partial charge >= 0.3 is 0 Å². The normalized spacial score (nSPS) is 17.9. The molecular formula is C19H17ClN4O2S. The summed E-state index contributed by atoms with van der Waals surface area (Å²) >= 11 is 6.87. The van der Waals surface area contributed by atoms with E-state index in [9.17, 15) is 9.59 Å². The van der Waals surface area contributed by atoms with Gasteiger partial charge in [-0.25, -0.2) is 4.90 Å². The van der Waals surface area contributed by atoms with Crippen molar-refractivity contribution in [2.24, 2.45) is 15.9 Å². The van der Waals surface area contributed by atoms with E-state index in [1.165, 1.54) is 11.1 Å². The van der Waals surface area contributed by atoms with Crippen molar-refractivity contribution in [2.45, 2.75) is 18.6 Å². The number of imide groups is 1. The fraction of sp³-hybridized carbons (Fsp3) is 0.158. The summed E-state index contributed by atoms with van der Waals surface area (Å²) in [5.74, 6) is -0.539. The molecule has 3 rings (SSSR count). The Morgan fingerprint density at radius 2 is 1.93 bits per heavy atom. The Morgan fingerprint density at radius 3 is 2.63 bits per heavy atom. The Bertz CT molecular complexity index is 928. The lowest BCUT2D eigenvalue weighted by atomic mass is 10.2. The molecule has 1 fully saturated rings. The van der Waals surface area contributed by atoms with Crippen LogP contribution in [0.2, 0.25) is 5.02 Å². The van der Waals surface area contributed by atoms with Crippen molar-refractivity contribution in [3.8, 4) is 0 Å². The summed E-state index contributed by atoms with van der Waals surface area (Å²) in [7, 11) is 0. The van der Waals surface area contributed by atoms with Gasteiger partial charge in [0.25, 0.3) is 0 Å². The number of carbonyl (C=O) groups excluding carboxylic acids is 2. The van der Waals surface area contributed by atoms with Crippen molar-refractivity contribution in [1.29, 1.82) is 0 Å². The lowest BCUT2D eigenvalue weighted by molar-refractivity contribution is -0.121. The quantitative estimate of drug-likeness (QED) is 0.369. The topological polar surface area (TPSA) is 88.1 Å². The molecule has 0 radical (unpaired) electrons. The summed E-state index contributed by atoms with van der Waals surface area (Å²) in [6, 6.07) is 14.4. The lowest BCUT2D eigenvalue weighted by Crippen LogP contribution is -2.32. The number of carbonyl (C=O) groups is 2. The van der Waals surface area contributed by atoms with Crippen LogP contribution in [0.5, 0.6) is 0 Å². The minimum absolute atomic E-state index is 0.0783. The van der Waals surface area contributed by atoms with Crippen LogP contribution in [0.3, 0.4) is 0 Å². The summed E-state index contributed by atoms with van der Waals surface area (Å²) in [5, 5.41) is 7.96. The first kappa shape index (κ1) is 19.1. The average molecular weight is 401 g/mol. The highest BCUT2D eigenvalue weighted by Gasteiger charge is 2.41.